The zero-order valence-electron chi connectivity index (χ0n) is 33.4. The number of fused-ring (bicyclic) bond motifs is 2. The molecule has 0 bridgehead atoms. The number of aromatic nitrogens is 2. The fourth-order valence-corrected chi connectivity index (χ4v) is 9.37. The smallest absolute Gasteiger partial charge is 0.255 e. The Balaban J connectivity index is 0.812. The Morgan fingerprint density at radius 2 is 1.61 bits per heavy atom. The molecule has 2 fully saturated rings. The number of carbonyl (C=O) groups excluding carboxylic acids is 4. The van der Waals surface area contributed by atoms with E-state index in [0.29, 0.717) is 48.5 Å². The number of hydrogen-bond donors (Lipinski definition) is 1. The molecule has 7 rings (SSSR count). The molecule has 0 saturated carbocycles. The molecule has 0 radical (unpaired) electrons. The van der Waals surface area contributed by atoms with Gasteiger partial charge in [0.25, 0.3) is 5.91 Å². The van der Waals surface area contributed by atoms with Crippen LogP contribution in [0, 0.1) is 11.8 Å². The maximum absolute atomic E-state index is 14.1. The Hall–Kier alpha value is -4.75. The second kappa shape index (κ2) is 18.7. The van der Waals surface area contributed by atoms with E-state index in [9.17, 15) is 19.2 Å². The molecule has 4 heterocycles. The number of piperidine rings is 1. The monoisotopic (exact) mass is 790 g/mol. The molecular formula is C46H55ClN6O4. The van der Waals surface area contributed by atoms with Gasteiger partial charge in [-0.3, -0.25) is 24.5 Å². The number of halogens is 1. The van der Waals surface area contributed by atoms with E-state index >= 15 is 0 Å². The topological polar surface area (TPSA) is 116 Å². The number of nitrogens with one attached hydrogen (secondary N) is 1. The largest absolute Gasteiger partial charge is 0.353 e. The summed E-state index contributed by atoms with van der Waals surface area (Å²) in [5.74, 6) is 7.74. The van der Waals surface area contributed by atoms with Crippen LogP contribution in [0.15, 0.2) is 48.8 Å². The minimum Gasteiger partial charge on any atom is -0.353 e. The zero-order valence-corrected chi connectivity index (χ0v) is 34.2. The molecule has 1 N–H and O–H groups in total. The number of benzene rings is 2. The van der Waals surface area contributed by atoms with E-state index in [0.717, 1.165) is 87.0 Å². The summed E-state index contributed by atoms with van der Waals surface area (Å²) in [7, 11) is 0. The van der Waals surface area contributed by atoms with Gasteiger partial charge in [-0.15, -0.1) is 0 Å². The fourth-order valence-electron chi connectivity index (χ4n) is 9.25. The third kappa shape index (κ3) is 9.36. The first kappa shape index (κ1) is 40.4. The number of unbranched alkanes of at least 4 members (excludes halogenated alkanes) is 8. The standard InChI is InChI=1S/C46H55ClN6O4/c1-31-28-32(2)42-41(31)43(49-30-48-42)51-24-26-52(27-25-51)45(56)36(34-18-20-35(47)21-19-34)16-12-10-8-6-4-3-5-7-9-11-14-33-15-13-17-37-38(33)29-53(46(37)57)39-22-23-40(54)50-44(39)55/h13,15,17-21,30-32,36,39H,3-10,12,16,22-29H2,1-2H3,(H,50,54,55)/t31-,32-,36-,39?/m1/s1. The van der Waals surface area contributed by atoms with Crippen LogP contribution < -0.4 is 10.2 Å². The Morgan fingerprint density at radius 3 is 2.35 bits per heavy atom. The van der Waals surface area contributed by atoms with E-state index in [1.807, 2.05) is 36.4 Å². The van der Waals surface area contributed by atoms with E-state index in [4.69, 9.17) is 16.6 Å². The van der Waals surface area contributed by atoms with Crippen LogP contribution in [0.1, 0.15) is 153 Å². The van der Waals surface area contributed by atoms with Gasteiger partial charge in [-0.1, -0.05) is 100 Å². The number of anilines is 1. The average Bonchev–Trinajstić information content (AvgIpc) is 3.71. The number of carbonyl (C=O) groups is 4. The van der Waals surface area contributed by atoms with Gasteiger partial charge in [0, 0.05) is 67.3 Å². The summed E-state index contributed by atoms with van der Waals surface area (Å²) < 4.78 is 0. The van der Waals surface area contributed by atoms with Crippen molar-refractivity contribution in [1.29, 1.82) is 0 Å². The Morgan fingerprint density at radius 1 is 0.895 bits per heavy atom. The molecule has 3 aromatic rings. The van der Waals surface area contributed by atoms with Gasteiger partial charge in [-0.25, -0.2) is 9.97 Å². The minimum atomic E-state index is -0.623. The summed E-state index contributed by atoms with van der Waals surface area (Å²) in [6.07, 6.45) is 14.0. The van der Waals surface area contributed by atoms with E-state index in [-0.39, 0.29) is 30.1 Å². The Labute approximate surface area is 342 Å². The van der Waals surface area contributed by atoms with Crippen molar-refractivity contribution in [2.45, 2.75) is 128 Å². The first-order chi connectivity index (χ1) is 27.7. The van der Waals surface area contributed by atoms with Crippen molar-refractivity contribution >= 4 is 41.0 Å². The summed E-state index contributed by atoms with van der Waals surface area (Å²) in [6.45, 7) is 7.81. The van der Waals surface area contributed by atoms with Gasteiger partial charge in [0.1, 0.15) is 18.2 Å². The van der Waals surface area contributed by atoms with Crippen molar-refractivity contribution in [2.24, 2.45) is 0 Å². The quantitative estimate of drug-likeness (QED) is 0.100. The molecular weight excluding hydrogens is 736 g/mol. The van der Waals surface area contributed by atoms with E-state index in [1.165, 1.54) is 30.5 Å². The number of amides is 4. The first-order valence-corrected chi connectivity index (χ1v) is 21.5. The van der Waals surface area contributed by atoms with Crippen molar-refractivity contribution in [3.05, 3.63) is 87.3 Å². The molecule has 300 valence electrons. The molecule has 3 aliphatic heterocycles. The van der Waals surface area contributed by atoms with Crippen LogP contribution in [0.5, 0.6) is 0 Å². The lowest BCUT2D eigenvalue weighted by molar-refractivity contribution is -0.137. The molecule has 1 unspecified atom stereocenters. The highest BCUT2D eigenvalue weighted by Gasteiger charge is 2.40. The van der Waals surface area contributed by atoms with Crippen molar-refractivity contribution < 1.29 is 19.2 Å². The van der Waals surface area contributed by atoms with Gasteiger partial charge in [-0.05, 0) is 72.9 Å². The van der Waals surface area contributed by atoms with Crippen molar-refractivity contribution in [2.75, 3.05) is 31.1 Å². The van der Waals surface area contributed by atoms with Gasteiger partial charge in [0.15, 0.2) is 0 Å². The molecule has 1 aromatic heterocycles. The molecule has 11 heteroatoms. The van der Waals surface area contributed by atoms with Crippen LogP contribution in [-0.4, -0.2) is 75.6 Å². The molecule has 1 aliphatic carbocycles. The number of nitrogens with zero attached hydrogens (tertiary/aromatic N) is 5. The second-order valence-corrected chi connectivity index (χ2v) is 16.8. The molecule has 0 spiro atoms. The summed E-state index contributed by atoms with van der Waals surface area (Å²) >= 11 is 6.24. The van der Waals surface area contributed by atoms with Gasteiger partial charge >= 0.3 is 0 Å². The van der Waals surface area contributed by atoms with Crippen molar-refractivity contribution in [1.82, 2.24) is 25.1 Å². The van der Waals surface area contributed by atoms with Crippen LogP contribution in [-0.2, 0) is 20.9 Å². The molecule has 10 nitrogen and oxygen atoms in total. The molecule has 4 amide bonds. The maximum Gasteiger partial charge on any atom is 0.255 e. The van der Waals surface area contributed by atoms with Crippen LogP contribution in [0.4, 0.5) is 5.82 Å². The molecule has 4 atom stereocenters. The van der Waals surface area contributed by atoms with Gasteiger partial charge in [0.05, 0.1) is 11.6 Å². The summed E-state index contributed by atoms with van der Waals surface area (Å²) in [5, 5.41) is 3.04. The third-order valence-corrected chi connectivity index (χ3v) is 12.6. The zero-order chi connectivity index (χ0) is 39.9. The Bertz CT molecular complexity index is 2020. The Kier molecular flexibility index (Phi) is 13.2. The van der Waals surface area contributed by atoms with Crippen molar-refractivity contribution in [3.8, 4) is 11.8 Å². The summed E-state index contributed by atoms with van der Waals surface area (Å²) in [6, 6.07) is 12.8. The number of rotatable bonds is 14. The minimum absolute atomic E-state index is 0.166. The second-order valence-electron chi connectivity index (χ2n) is 16.4. The van der Waals surface area contributed by atoms with Crippen LogP contribution in [0.2, 0.25) is 5.02 Å². The number of imide groups is 1. The van der Waals surface area contributed by atoms with Gasteiger partial charge in [0.2, 0.25) is 17.7 Å². The third-order valence-electron chi connectivity index (χ3n) is 12.4. The van der Waals surface area contributed by atoms with Crippen LogP contribution in [0.3, 0.4) is 0 Å². The lowest BCUT2D eigenvalue weighted by Crippen LogP contribution is -2.52. The first-order valence-electron chi connectivity index (χ1n) is 21.1. The van der Waals surface area contributed by atoms with Gasteiger partial charge in [-0.2, -0.15) is 0 Å². The number of piperazine rings is 1. The molecule has 57 heavy (non-hydrogen) atoms. The molecule has 2 aromatic carbocycles. The SMILES string of the molecule is C[C@@H]1C[C@@H](C)c2c1ncnc2N1CCN(C(=O)[C@H](CCCCCCCCCCC#Cc2cccc3c2CN(C2CCC(=O)NC2=O)C3=O)c2ccc(Cl)cc2)CC1. The maximum atomic E-state index is 14.1. The van der Waals surface area contributed by atoms with E-state index < -0.39 is 11.9 Å². The summed E-state index contributed by atoms with van der Waals surface area (Å²) in [4.78, 5) is 66.5. The lowest BCUT2D eigenvalue weighted by Gasteiger charge is -2.38. The van der Waals surface area contributed by atoms with Gasteiger partial charge < -0.3 is 14.7 Å². The predicted molar refractivity (Wildman–Crippen MR) is 222 cm³/mol. The lowest BCUT2D eigenvalue weighted by atomic mass is 9.91. The van der Waals surface area contributed by atoms with Crippen LogP contribution in [0.25, 0.3) is 0 Å². The fraction of sp³-hybridized carbons (Fsp3) is 0.522. The average molecular weight is 791 g/mol. The van der Waals surface area contributed by atoms with Crippen LogP contribution >= 0.6 is 11.6 Å². The predicted octanol–water partition coefficient (Wildman–Crippen LogP) is 7.89. The molecule has 2 saturated heterocycles. The molecule has 4 aliphatic rings. The highest BCUT2D eigenvalue weighted by Crippen LogP contribution is 2.44. The van der Waals surface area contributed by atoms with E-state index in [2.05, 4.69) is 45.8 Å². The summed E-state index contributed by atoms with van der Waals surface area (Å²) in [5.41, 5.74) is 5.83. The van der Waals surface area contributed by atoms with Crippen molar-refractivity contribution in [3.63, 3.8) is 0 Å². The highest BCUT2D eigenvalue weighted by atomic mass is 35.5. The van der Waals surface area contributed by atoms with E-state index in [1.54, 1.807) is 17.3 Å². The number of hydrogen-bond acceptors (Lipinski definition) is 7. The highest BCUT2D eigenvalue weighted by molar-refractivity contribution is 6.30. The normalized spacial score (nSPS) is 20.9.